The molecule has 1 amide bonds. The molecule has 0 bridgehead atoms. The minimum absolute atomic E-state index is 0.160. The zero-order chi connectivity index (χ0) is 19.9. The number of piperidine rings is 1. The van der Waals surface area contributed by atoms with Crippen LogP contribution >= 0.6 is 0 Å². The van der Waals surface area contributed by atoms with E-state index in [1.807, 2.05) is 30.4 Å². The first-order valence-corrected chi connectivity index (χ1v) is 14.0. The average Bonchev–Trinajstić information content (AvgIpc) is 2.89. The van der Waals surface area contributed by atoms with E-state index in [1.54, 1.807) is 0 Å². The molecule has 0 unspecified atom stereocenters. The van der Waals surface area contributed by atoms with Gasteiger partial charge in [0.25, 0.3) is 0 Å². The van der Waals surface area contributed by atoms with Crippen LogP contribution in [0.2, 0.25) is 19.6 Å². The highest BCUT2D eigenvalue weighted by Gasteiger charge is 2.46. The molecule has 1 aromatic heterocycles. The molecule has 2 aliphatic rings. The molecule has 152 valence electrons. The number of aromatic nitrogens is 3. The summed E-state index contributed by atoms with van der Waals surface area (Å²) in [6.45, 7) is 14.5. The third-order valence-electron chi connectivity index (χ3n) is 5.64. The summed E-state index contributed by atoms with van der Waals surface area (Å²) in [6.07, 6.45) is 8.79. The quantitative estimate of drug-likeness (QED) is 0.723. The molecule has 7 heteroatoms. The smallest absolute Gasteiger partial charge is 0.410 e. The van der Waals surface area contributed by atoms with Crippen LogP contribution in [0, 0.1) is 11.3 Å². The van der Waals surface area contributed by atoms with Crippen LogP contribution in [-0.4, -0.2) is 52.8 Å². The second kappa shape index (κ2) is 7.22. The number of rotatable bonds is 4. The van der Waals surface area contributed by atoms with Gasteiger partial charge in [0.2, 0.25) is 0 Å². The molecule has 2 fully saturated rings. The Morgan fingerprint density at radius 2 is 1.89 bits per heavy atom. The number of carbonyl (C=O) groups is 1. The molecule has 0 aromatic carbocycles. The first kappa shape index (κ1) is 20.4. The van der Waals surface area contributed by atoms with Crippen molar-refractivity contribution < 1.29 is 9.53 Å². The summed E-state index contributed by atoms with van der Waals surface area (Å²) >= 11 is 0. The van der Waals surface area contributed by atoms with E-state index in [0.29, 0.717) is 5.41 Å². The van der Waals surface area contributed by atoms with Gasteiger partial charge in [-0.15, -0.1) is 5.10 Å². The van der Waals surface area contributed by atoms with Crippen molar-refractivity contribution in [3.8, 4) is 0 Å². The topological polar surface area (TPSA) is 60.2 Å². The SMILES string of the molecule is CC(C)(C)OC(=O)N1CCC2(CC1)CC(Cc1cn(C[Si](C)(C)C)nn1)C2. The van der Waals surface area contributed by atoms with Gasteiger partial charge in [0, 0.05) is 25.5 Å². The summed E-state index contributed by atoms with van der Waals surface area (Å²) in [5, 5.41) is 8.71. The summed E-state index contributed by atoms with van der Waals surface area (Å²) in [4.78, 5) is 14.1. The van der Waals surface area contributed by atoms with Crippen LogP contribution in [0.4, 0.5) is 4.79 Å². The highest BCUT2D eigenvalue weighted by Crippen LogP contribution is 2.53. The van der Waals surface area contributed by atoms with Crippen LogP contribution in [-0.2, 0) is 17.3 Å². The van der Waals surface area contributed by atoms with Crippen molar-refractivity contribution in [1.29, 1.82) is 0 Å². The molecular weight excluding hydrogens is 356 g/mol. The molecule has 1 spiro atoms. The van der Waals surface area contributed by atoms with Gasteiger partial charge < -0.3 is 9.64 Å². The lowest BCUT2D eigenvalue weighted by Crippen LogP contribution is -2.50. The standard InChI is InChI=1S/C20H36N4O2Si/c1-19(2,3)26-18(25)23-9-7-20(8-10-23)12-16(13-20)11-17-14-24(22-21-17)15-27(4,5)6/h14,16H,7-13,15H2,1-6H3. The average molecular weight is 393 g/mol. The van der Waals surface area contributed by atoms with E-state index in [-0.39, 0.29) is 6.09 Å². The van der Waals surface area contributed by atoms with Crippen LogP contribution in [0.1, 0.15) is 52.1 Å². The Hall–Kier alpha value is -1.37. The molecule has 27 heavy (non-hydrogen) atoms. The maximum atomic E-state index is 12.2. The third-order valence-corrected chi connectivity index (χ3v) is 6.91. The summed E-state index contributed by atoms with van der Waals surface area (Å²) in [5.74, 6) is 0.718. The van der Waals surface area contributed by atoms with Crippen LogP contribution in [0.15, 0.2) is 6.20 Å². The fourth-order valence-corrected chi connectivity index (χ4v) is 5.63. The molecule has 0 radical (unpaired) electrons. The Kier molecular flexibility index (Phi) is 5.45. The summed E-state index contributed by atoms with van der Waals surface area (Å²) in [7, 11) is -1.16. The fraction of sp³-hybridized carbons (Fsp3) is 0.850. The molecule has 1 aliphatic carbocycles. The Bertz CT molecular complexity index is 658. The van der Waals surface area contributed by atoms with Gasteiger partial charge in [-0.3, -0.25) is 4.68 Å². The number of hydrogen-bond donors (Lipinski definition) is 0. The molecule has 1 aliphatic heterocycles. The van der Waals surface area contributed by atoms with Crippen LogP contribution < -0.4 is 0 Å². The van der Waals surface area contributed by atoms with Crippen molar-refractivity contribution in [2.24, 2.45) is 11.3 Å². The van der Waals surface area contributed by atoms with E-state index >= 15 is 0 Å². The van der Waals surface area contributed by atoms with E-state index < -0.39 is 13.7 Å². The number of amides is 1. The highest BCUT2D eigenvalue weighted by molar-refractivity contribution is 6.74. The first-order valence-electron chi connectivity index (χ1n) is 10.3. The minimum Gasteiger partial charge on any atom is -0.444 e. The second-order valence-electron chi connectivity index (χ2n) is 10.9. The molecule has 0 N–H and O–H groups in total. The molecular formula is C20H36N4O2Si. The van der Waals surface area contributed by atoms with Crippen molar-refractivity contribution in [2.75, 3.05) is 13.1 Å². The normalized spacial score (nSPS) is 20.6. The largest absolute Gasteiger partial charge is 0.444 e. The number of hydrogen-bond acceptors (Lipinski definition) is 4. The van der Waals surface area contributed by atoms with Crippen molar-refractivity contribution in [1.82, 2.24) is 19.9 Å². The van der Waals surface area contributed by atoms with E-state index in [9.17, 15) is 4.79 Å². The zero-order valence-corrected chi connectivity index (χ0v) is 18.9. The zero-order valence-electron chi connectivity index (χ0n) is 17.9. The van der Waals surface area contributed by atoms with E-state index in [2.05, 4.69) is 36.1 Å². The Balaban J connectivity index is 1.43. The fourth-order valence-electron chi connectivity index (χ4n) is 4.50. The Labute approximate surface area is 164 Å². The lowest BCUT2D eigenvalue weighted by atomic mass is 9.56. The molecule has 2 heterocycles. The summed E-state index contributed by atoms with van der Waals surface area (Å²) < 4.78 is 7.54. The third kappa shape index (κ3) is 5.56. The predicted octanol–water partition coefficient (Wildman–Crippen LogP) is 4.13. The van der Waals surface area contributed by atoms with Gasteiger partial charge >= 0.3 is 6.09 Å². The van der Waals surface area contributed by atoms with Crippen LogP contribution in [0.3, 0.4) is 0 Å². The van der Waals surface area contributed by atoms with E-state index in [4.69, 9.17) is 4.74 Å². The highest BCUT2D eigenvalue weighted by atomic mass is 28.3. The van der Waals surface area contributed by atoms with Gasteiger partial charge in [-0.2, -0.15) is 0 Å². The Morgan fingerprint density at radius 1 is 1.26 bits per heavy atom. The molecule has 1 aromatic rings. The molecule has 1 saturated carbocycles. The number of ether oxygens (including phenoxy) is 1. The number of likely N-dealkylation sites (tertiary alicyclic amines) is 1. The molecule has 0 atom stereocenters. The molecule has 6 nitrogen and oxygen atoms in total. The van der Waals surface area contributed by atoms with Gasteiger partial charge in [-0.1, -0.05) is 24.9 Å². The van der Waals surface area contributed by atoms with Gasteiger partial charge in [0.15, 0.2) is 0 Å². The number of nitrogens with zero attached hydrogens (tertiary/aromatic N) is 4. The van der Waals surface area contributed by atoms with Crippen LogP contribution in [0.5, 0.6) is 0 Å². The molecule has 1 saturated heterocycles. The minimum atomic E-state index is -1.16. The first-order chi connectivity index (χ1) is 12.4. The summed E-state index contributed by atoms with van der Waals surface area (Å²) in [5.41, 5.74) is 1.16. The second-order valence-corrected chi connectivity index (χ2v) is 16.4. The van der Waals surface area contributed by atoms with Gasteiger partial charge in [-0.25, -0.2) is 4.79 Å². The van der Waals surface area contributed by atoms with Gasteiger partial charge in [0.1, 0.15) is 5.60 Å². The van der Waals surface area contributed by atoms with Gasteiger partial charge in [0.05, 0.1) is 13.8 Å². The van der Waals surface area contributed by atoms with Crippen LogP contribution in [0.25, 0.3) is 0 Å². The van der Waals surface area contributed by atoms with Crippen molar-refractivity contribution in [2.45, 2.75) is 84.3 Å². The maximum Gasteiger partial charge on any atom is 0.410 e. The summed E-state index contributed by atoms with van der Waals surface area (Å²) in [6, 6.07) is 0. The lowest BCUT2D eigenvalue weighted by molar-refractivity contribution is -0.0271. The van der Waals surface area contributed by atoms with Crippen molar-refractivity contribution >= 4 is 14.2 Å². The van der Waals surface area contributed by atoms with Crippen molar-refractivity contribution in [3.63, 3.8) is 0 Å². The number of carbonyl (C=O) groups excluding carboxylic acids is 1. The predicted molar refractivity (Wildman–Crippen MR) is 109 cm³/mol. The van der Waals surface area contributed by atoms with E-state index in [1.165, 1.54) is 12.8 Å². The Morgan fingerprint density at radius 3 is 2.44 bits per heavy atom. The van der Waals surface area contributed by atoms with Gasteiger partial charge in [-0.05, 0) is 64.2 Å². The van der Waals surface area contributed by atoms with E-state index in [0.717, 1.165) is 50.1 Å². The van der Waals surface area contributed by atoms with Crippen molar-refractivity contribution in [3.05, 3.63) is 11.9 Å². The maximum absolute atomic E-state index is 12.2. The monoisotopic (exact) mass is 392 g/mol. The lowest BCUT2D eigenvalue weighted by Gasteiger charge is -2.52. The molecule has 3 rings (SSSR count).